The molecule has 0 fully saturated rings. The monoisotopic (exact) mass is 260 g/mol. The summed E-state index contributed by atoms with van der Waals surface area (Å²) in [5.41, 5.74) is 2.77. The Hall–Kier alpha value is -2.30. The number of aliphatic carboxylic acids is 1. The normalized spacial score (nSPS) is 10.4. The maximum absolute atomic E-state index is 10.6. The van der Waals surface area contributed by atoms with Crippen LogP contribution in [0.4, 0.5) is 0 Å². The number of carboxylic acids is 1. The number of ether oxygens (including phenoxy) is 1. The first-order valence-electron chi connectivity index (χ1n) is 5.99. The van der Waals surface area contributed by atoms with Crippen LogP contribution in [0, 0.1) is 0 Å². The fourth-order valence-corrected chi connectivity index (χ4v) is 1.92. The maximum Gasteiger partial charge on any atom is 0.303 e. The van der Waals surface area contributed by atoms with Gasteiger partial charge in [-0.2, -0.15) is 5.10 Å². The van der Waals surface area contributed by atoms with Crippen molar-refractivity contribution in [1.82, 2.24) is 9.78 Å². The van der Waals surface area contributed by atoms with E-state index in [0.717, 1.165) is 22.7 Å². The van der Waals surface area contributed by atoms with Gasteiger partial charge < -0.3 is 9.84 Å². The summed E-state index contributed by atoms with van der Waals surface area (Å²) < 4.78 is 6.88. The molecule has 1 aromatic heterocycles. The first-order valence-corrected chi connectivity index (χ1v) is 5.99. The molecule has 0 amide bonds. The van der Waals surface area contributed by atoms with Crippen molar-refractivity contribution in [2.45, 2.75) is 12.8 Å². The molecule has 0 saturated heterocycles. The van der Waals surface area contributed by atoms with E-state index in [9.17, 15) is 4.79 Å². The van der Waals surface area contributed by atoms with E-state index in [0.29, 0.717) is 6.42 Å². The molecule has 0 radical (unpaired) electrons. The Bertz CT molecular complexity index is 573. The first-order chi connectivity index (χ1) is 9.10. The molecule has 1 aromatic carbocycles. The van der Waals surface area contributed by atoms with Gasteiger partial charge in [-0.3, -0.25) is 9.48 Å². The average molecular weight is 260 g/mol. The number of carbonyl (C=O) groups is 1. The average Bonchev–Trinajstić information content (AvgIpc) is 2.78. The lowest BCUT2D eigenvalue weighted by molar-refractivity contribution is -0.136. The summed E-state index contributed by atoms with van der Waals surface area (Å²) in [6.45, 7) is 0. The minimum absolute atomic E-state index is 0.0963. The van der Waals surface area contributed by atoms with Gasteiger partial charge in [-0.15, -0.1) is 0 Å². The van der Waals surface area contributed by atoms with Crippen molar-refractivity contribution in [3.63, 3.8) is 0 Å². The summed E-state index contributed by atoms with van der Waals surface area (Å²) >= 11 is 0. The van der Waals surface area contributed by atoms with E-state index < -0.39 is 5.97 Å². The van der Waals surface area contributed by atoms with E-state index in [-0.39, 0.29) is 6.42 Å². The van der Waals surface area contributed by atoms with Crippen LogP contribution in [-0.2, 0) is 18.3 Å². The van der Waals surface area contributed by atoms with Crippen molar-refractivity contribution in [2.24, 2.45) is 7.05 Å². The Kier molecular flexibility index (Phi) is 3.85. The molecule has 0 spiro atoms. The van der Waals surface area contributed by atoms with E-state index in [1.807, 2.05) is 37.4 Å². The van der Waals surface area contributed by atoms with Crippen molar-refractivity contribution >= 4 is 5.97 Å². The van der Waals surface area contributed by atoms with Gasteiger partial charge in [0.15, 0.2) is 0 Å². The second kappa shape index (κ2) is 5.56. The summed E-state index contributed by atoms with van der Waals surface area (Å²) in [5.74, 6) is -0.00586. The van der Waals surface area contributed by atoms with Crippen LogP contribution in [0.5, 0.6) is 5.75 Å². The molecule has 0 atom stereocenters. The van der Waals surface area contributed by atoms with Crippen LogP contribution in [-0.4, -0.2) is 28.0 Å². The second-order valence-corrected chi connectivity index (χ2v) is 4.27. The van der Waals surface area contributed by atoms with Gasteiger partial charge in [-0.05, 0) is 30.3 Å². The molecule has 0 unspecified atom stereocenters. The van der Waals surface area contributed by atoms with Gasteiger partial charge >= 0.3 is 5.97 Å². The molecular formula is C14H16N2O3. The Labute approximate surface area is 111 Å². The van der Waals surface area contributed by atoms with Gasteiger partial charge in [-0.1, -0.05) is 0 Å². The van der Waals surface area contributed by atoms with Crippen LogP contribution < -0.4 is 4.74 Å². The smallest absolute Gasteiger partial charge is 0.303 e. The lowest BCUT2D eigenvalue weighted by Gasteiger charge is -2.03. The van der Waals surface area contributed by atoms with Crippen LogP contribution in [0.25, 0.3) is 11.3 Å². The van der Waals surface area contributed by atoms with E-state index in [2.05, 4.69) is 5.10 Å². The predicted molar refractivity (Wildman–Crippen MR) is 71.2 cm³/mol. The zero-order chi connectivity index (χ0) is 13.8. The molecule has 100 valence electrons. The van der Waals surface area contributed by atoms with Gasteiger partial charge in [0, 0.05) is 19.0 Å². The fourth-order valence-electron chi connectivity index (χ4n) is 1.92. The predicted octanol–water partition coefficient (Wildman–Crippen LogP) is 2.11. The Morgan fingerprint density at radius 3 is 2.63 bits per heavy atom. The van der Waals surface area contributed by atoms with Gasteiger partial charge in [0.1, 0.15) is 5.75 Å². The molecule has 2 aromatic rings. The van der Waals surface area contributed by atoms with E-state index in [1.54, 1.807) is 11.8 Å². The van der Waals surface area contributed by atoms with Crippen molar-refractivity contribution in [3.8, 4) is 17.0 Å². The molecule has 1 N–H and O–H groups in total. The minimum atomic E-state index is -0.809. The van der Waals surface area contributed by atoms with E-state index >= 15 is 0 Å². The largest absolute Gasteiger partial charge is 0.497 e. The van der Waals surface area contributed by atoms with Gasteiger partial charge in [0.05, 0.1) is 24.9 Å². The Balaban J connectivity index is 2.21. The highest BCUT2D eigenvalue weighted by Gasteiger charge is 2.09. The molecule has 2 rings (SSSR count). The molecule has 0 saturated carbocycles. The topological polar surface area (TPSA) is 64.3 Å². The van der Waals surface area contributed by atoms with E-state index in [4.69, 9.17) is 9.84 Å². The zero-order valence-electron chi connectivity index (χ0n) is 11.0. The van der Waals surface area contributed by atoms with Crippen molar-refractivity contribution in [3.05, 3.63) is 36.0 Å². The van der Waals surface area contributed by atoms with Gasteiger partial charge in [0.2, 0.25) is 0 Å². The summed E-state index contributed by atoms with van der Waals surface area (Å²) in [6, 6.07) is 9.61. The maximum atomic E-state index is 10.6. The third-order valence-electron chi connectivity index (χ3n) is 2.91. The summed E-state index contributed by atoms with van der Waals surface area (Å²) in [6.07, 6.45) is 0.540. The number of benzene rings is 1. The number of aromatic nitrogens is 2. The molecule has 19 heavy (non-hydrogen) atoms. The highest BCUT2D eigenvalue weighted by molar-refractivity contribution is 5.67. The van der Waals surface area contributed by atoms with Crippen molar-refractivity contribution in [2.75, 3.05) is 7.11 Å². The van der Waals surface area contributed by atoms with Gasteiger partial charge in [-0.25, -0.2) is 0 Å². The van der Waals surface area contributed by atoms with Crippen LogP contribution >= 0.6 is 0 Å². The van der Waals surface area contributed by atoms with Crippen LogP contribution in [0.1, 0.15) is 12.1 Å². The summed E-state index contributed by atoms with van der Waals surface area (Å²) in [7, 11) is 3.48. The highest BCUT2D eigenvalue weighted by Crippen LogP contribution is 2.23. The van der Waals surface area contributed by atoms with Crippen molar-refractivity contribution < 1.29 is 14.6 Å². The minimum Gasteiger partial charge on any atom is -0.497 e. The third-order valence-corrected chi connectivity index (χ3v) is 2.91. The Morgan fingerprint density at radius 1 is 1.37 bits per heavy atom. The first kappa shape index (κ1) is 13.1. The van der Waals surface area contributed by atoms with Crippen LogP contribution in [0.2, 0.25) is 0 Å². The summed E-state index contributed by atoms with van der Waals surface area (Å²) in [4.78, 5) is 10.6. The lowest BCUT2D eigenvalue weighted by Crippen LogP contribution is -1.99. The zero-order valence-corrected chi connectivity index (χ0v) is 11.0. The number of methoxy groups -OCH3 is 1. The highest BCUT2D eigenvalue weighted by atomic mass is 16.5. The molecule has 0 aliphatic carbocycles. The number of nitrogens with zero attached hydrogens (tertiary/aromatic N) is 2. The molecular weight excluding hydrogens is 244 g/mol. The van der Waals surface area contributed by atoms with E-state index in [1.165, 1.54) is 0 Å². The van der Waals surface area contributed by atoms with Gasteiger partial charge in [0.25, 0.3) is 0 Å². The number of rotatable bonds is 5. The molecule has 0 aliphatic rings. The lowest BCUT2D eigenvalue weighted by atomic mass is 10.1. The second-order valence-electron chi connectivity index (χ2n) is 4.27. The standard InChI is InChI=1S/C14H16N2O3/c1-16-13(9-11(15-16)5-8-14(17)18)10-3-6-12(19-2)7-4-10/h3-4,6-7,9H,5,8H2,1-2H3,(H,17,18). The van der Waals surface area contributed by atoms with Crippen LogP contribution in [0.3, 0.4) is 0 Å². The summed E-state index contributed by atoms with van der Waals surface area (Å²) in [5, 5.41) is 13.0. The molecule has 0 bridgehead atoms. The number of hydrogen-bond acceptors (Lipinski definition) is 3. The van der Waals surface area contributed by atoms with Crippen molar-refractivity contribution in [1.29, 1.82) is 0 Å². The molecule has 5 heteroatoms. The number of aryl methyl sites for hydroxylation is 2. The fraction of sp³-hybridized carbons (Fsp3) is 0.286. The number of hydrogen-bond donors (Lipinski definition) is 1. The molecule has 0 aliphatic heterocycles. The molecule has 5 nitrogen and oxygen atoms in total. The molecule has 1 heterocycles. The Morgan fingerprint density at radius 2 is 2.05 bits per heavy atom. The van der Waals surface area contributed by atoms with Crippen LogP contribution in [0.15, 0.2) is 30.3 Å². The SMILES string of the molecule is COc1ccc(-c2cc(CCC(=O)O)nn2C)cc1. The third kappa shape index (κ3) is 3.13. The number of carboxylic acid groups (broad SMARTS) is 1. The quantitative estimate of drug-likeness (QED) is 0.894.